The predicted molar refractivity (Wildman–Crippen MR) is 84.0 cm³/mol. The molecule has 5 heteroatoms. The first-order valence-corrected chi connectivity index (χ1v) is 7.74. The highest BCUT2D eigenvalue weighted by atomic mass is 79.9. The average Bonchev–Trinajstić information content (AvgIpc) is 2.94. The molecule has 0 saturated carbocycles. The Morgan fingerprint density at radius 3 is 2.79 bits per heavy atom. The lowest BCUT2D eigenvalue weighted by Crippen LogP contribution is -2.10. The number of halogens is 2. The first-order valence-electron chi connectivity index (χ1n) is 5.75. The fraction of sp³-hybridized carbons (Fsp3) is 0.143. The molecule has 1 unspecified atom stereocenters. The van der Waals surface area contributed by atoms with E-state index in [2.05, 4.69) is 15.9 Å². The van der Waals surface area contributed by atoms with Crippen molar-refractivity contribution >= 4 is 49.8 Å². The lowest BCUT2D eigenvalue weighted by molar-refractivity contribution is 0.524. The second-order valence-corrected chi connectivity index (χ2v) is 7.28. The highest BCUT2D eigenvalue weighted by Gasteiger charge is 2.20. The molecule has 19 heavy (non-hydrogen) atoms. The molecule has 0 spiro atoms. The molecule has 2 nitrogen and oxygen atoms in total. The first kappa shape index (κ1) is 13.2. The Balaban J connectivity index is 2.12. The number of benzene rings is 1. The predicted octanol–water partition coefficient (Wildman–Crippen LogP) is 5.27. The van der Waals surface area contributed by atoms with Gasteiger partial charge < -0.3 is 10.2 Å². The van der Waals surface area contributed by atoms with Crippen molar-refractivity contribution < 1.29 is 4.42 Å². The molecule has 3 aromatic rings. The van der Waals surface area contributed by atoms with E-state index in [4.69, 9.17) is 21.8 Å². The molecule has 3 rings (SSSR count). The maximum Gasteiger partial charge on any atom is 0.134 e. The van der Waals surface area contributed by atoms with Crippen LogP contribution in [0.15, 0.2) is 38.5 Å². The molecule has 98 valence electrons. The molecule has 0 bridgehead atoms. The fourth-order valence-corrected chi connectivity index (χ4v) is 3.73. The van der Waals surface area contributed by atoms with Gasteiger partial charge in [0.2, 0.25) is 0 Å². The van der Waals surface area contributed by atoms with Crippen LogP contribution in [0, 0.1) is 6.92 Å². The number of nitrogens with two attached hydrogens (primary N) is 1. The van der Waals surface area contributed by atoms with E-state index in [-0.39, 0.29) is 6.04 Å². The monoisotopic (exact) mass is 355 g/mol. The standard InChI is InChI=1S/C14H11BrClNOS/c1-7-9-6-8(16)2-3-10(9)18-14(7)13(17)11-4-5-12(15)19-11/h2-6,13H,17H2,1H3. The highest BCUT2D eigenvalue weighted by Crippen LogP contribution is 2.35. The van der Waals surface area contributed by atoms with Crippen molar-refractivity contribution in [1.29, 1.82) is 0 Å². The second kappa shape index (κ2) is 4.94. The topological polar surface area (TPSA) is 39.2 Å². The van der Waals surface area contributed by atoms with Gasteiger partial charge in [0.05, 0.1) is 9.83 Å². The third-order valence-electron chi connectivity index (χ3n) is 3.12. The van der Waals surface area contributed by atoms with E-state index < -0.39 is 0 Å². The highest BCUT2D eigenvalue weighted by molar-refractivity contribution is 9.11. The second-order valence-electron chi connectivity index (χ2n) is 4.35. The van der Waals surface area contributed by atoms with E-state index in [1.54, 1.807) is 11.3 Å². The van der Waals surface area contributed by atoms with Crippen LogP contribution in [0.25, 0.3) is 11.0 Å². The Morgan fingerprint density at radius 2 is 2.11 bits per heavy atom. The molecule has 0 aliphatic carbocycles. The van der Waals surface area contributed by atoms with Crippen LogP contribution in [0.3, 0.4) is 0 Å². The molecule has 0 saturated heterocycles. The Kier molecular flexibility index (Phi) is 3.43. The third kappa shape index (κ3) is 2.34. The van der Waals surface area contributed by atoms with Gasteiger partial charge in [-0.25, -0.2) is 0 Å². The van der Waals surface area contributed by atoms with E-state index in [0.717, 1.165) is 31.0 Å². The number of hydrogen-bond acceptors (Lipinski definition) is 3. The zero-order chi connectivity index (χ0) is 13.6. The molecule has 2 N–H and O–H groups in total. The molecule has 0 amide bonds. The van der Waals surface area contributed by atoms with E-state index in [0.29, 0.717) is 5.02 Å². The largest absolute Gasteiger partial charge is 0.459 e. The number of hydrogen-bond donors (Lipinski definition) is 1. The van der Waals surface area contributed by atoms with Crippen molar-refractivity contribution in [3.8, 4) is 0 Å². The number of fused-ring (bicyclic) bond motifs is 1. The van der Waals surface area contributed by atoms with Crippen molar-refractivity contribution in [2.75, 3.05) is 0 Å². The Morgan fingerprint density at radius 1 is 1.32 bits per heavy atom. The van der Waals surface area contributed by atoms with Gasteiger partial charge in [-0.3, -0.25) is 0 Å². The molecule has 2 aromatic heterocycles. The van der Waals surface area contributed by atoms with Crippen LogP contribution in [0.5, 0.6) is 0 Å². The summed E-state index contributed by atoms with van der Waals surface area (Å²) in [5.41, 5.74) is 8.17. The van der Waals surface area contributed by atoms with Gasteiger partial charge in [0, 0.05) is 20.8 Å². The Labute approximate surface area is 128 Å². The van der Waals surface area contributed by atoms with Crippen LogP contribution >= 0.6 is 38.9 Å². The Hall–Kier alpha value is -0.810. The van der Waals surface area contributed by atoms with Gasteiger partial charge in [-0.1, -0.05) is 11.6 Å². The van der Waals surface area contributed by atoms with Gasteiger partial charge in [-0.05, 0) is 53.2 Å². The zero-order valence-electron chi connectivity index (χ0n) is 10.1. The summed E-state index contributed by atoms with van der Waals surface area (Å²) in [5, 5.41) is 1.73. The van der Waals surface area contributed by atoms with E-state index in [9.17, 15) is 0 Å². The fourth-order valence-electron chi connectivity index (χ4n) is 2.13. The summed E-state index contributed by atoms with van der Waals surface area (Å²) in [6.45, 7) is 2.01. The van der Waals surface area contributed by atoms with Crippen molar-refractivity contribution in [2.24, 2.45) is 5.73 Å². The first-order chi connectivity index (χ1) is 9.06. The van der Waals surface area contributed by atoms with Crippen molar-refractivity contribution in [2.45, 2.75) is 13.0 Å². The summed E-state index contributed by atoms with van der Waals surface area (Å²) in [5.74, 6) is 0.798. The molecule has 0 fully saturated rings. The molecule has 0 radical (unpaired) electrons. The molecule has 0 aliphatic rings. The van der Waals surface area contributed by atoms with Crippen LogP contribution in [-0.4, -0.2) is 0 Å². The summed E-state index contributed by atoms with van der Waals surface area (Å²) in [7, 11) is 0. The summed E-state index contributed by atoms with van der Waals surface area (Å²) < 4.78 is 6.95. The van der Waals surface area contributed by atoms with E-state index in [1.807, 2.05) is 37.3 Å². The minimum atomic E-state index is -0.248. The normalized spacial score (nSPS) is 13.1. The summed E-state index contributed by atoms with van der Waals surface area (Å²) >= 11 is 11.1. The maximum absolute atomic E-state index is 6.30. The minimum Gasteiger partial charge on any atom is -0.459 e. The van der Waals surface area contributed by atoms with Crippen LogP contribution in [0.1, 0.15) is 22.2 Å². The van der Waals surface area contributed by atoms with Gasteiger partial charge in [-0.15, -0.1) is 11.3 Å². The number of furan rings is 1. The summed E-state index contributed by atoms with van der Waals surface area (Å²) in [6.07, 6.45) is 0. The van der Waals surface area contributed by atoms with E-state index in [1.165, 1.54) is 0 Å². The quantitative estimate of drug-likeness (QED) is 0.679. The molecule has 2 heterocycles. The van der Waals surface area contributed by atoms with Gasteiger partial charge in [0.1, 0.15) is 11.3 Å². The van der Waals surface area contributed by atoms with Crippen molar-refractivity contribution in [1.82, 2.24) is 0 Å². The van der Waals surface area contributed by atoms with Crippen LogP contribution in [-0.2, 0) is 0 Å². The molecule has 0 aliphatic heterocycles. The maximum atomic E-state index is 6.30. The van der Waals surface area contributed by atoms with Crippen molar-refractivity contribution in [3.05, 3.63) is 55.3 Å². The molecule has 1 aromatic carbocycles. The average molecular weight is 357 g/mol. The van der Waals surface area contributed by atoms with Gasteiger partial charge in [0.15, 0.2) is 0 Å². The van der Waals surface area contributed by atoms with Crippen LogP contribution < -0.4 is 5.73 Å². The Bertz CT molecular complexity index is 749. The van der Waals surface area contributed by atoms with Crippen molar-refractivity contribution in [3.63, 3.8) is 0 Å². The molecule has 1 atom stereocenters. The van der Waals surface area contributed by atoms with Gasteiger partial charge >= 0.3 is 0 Å². The number of thiophene rings is 1. The third-order valence-corrected chi connectivity index (χ3v) is 5.06. The van der Waals surface area contributed by atoms with Crippen LogP contribution in [0.4, 0.5) is 0 Å². The zero-order valence-corrected chi connectivity index (χ0v) is 13.3. The molecular formula is C14H11BrClNOS. The van der Waals surface area contributed by atoms with E-state index >= 15 is 0 Å². The van der Waals surface area contributed by atoms with Gasteiger partial charge in [0.25, 0.3) is 0 Å². The van der Waals surface area contributed by atoms with Crippen LogP contribution in [0.2, 0.25) is 5.02 Å². The lowest BCUT2D eigenvalue weighted by atomic mass is 10.1. The van der Waals surface area contributed by atoms with Gasteiger partial charge in [-0.2, -0.15) is 0 Å². The minimum absolute atomic E-state index is 0.248. The summed E-state index contributed by atoms with van der Waals surface area (Å²) in [6, 6.07) is 9.38. The summed E-state index contributed by atoms with van der Waals surface area (Å²) in [4.78, 5) is 1.07. The molecular weight excluding hydrogens is 346 g/mol. The lowest BCUT2D eigenvalue weighted by Gasteiger charge is -2.07. The SMILES string of the molecule is Cc1c(C(N)c2ccc(Br)s2)oc2ccc(Cl)cc12. The number of aryl methyl sites for hydroxylation is 1. The smallest absolute Gasteiger partial charge is 0.134 e. The number of rotatable bonds is 2.